The summed E-state index contributed by atoms with van der Waals surface area (Å²) in [4.78, 5) is 30.8. The van der Waals surface area contributed by atoms with Gasteiger partial charge in [0.05, 0.1) is 16.6 Å². The highest BCUT2D eigenvalue weighted by molar-refractivity contribution is 5.99. The minimum atomic E-state index is -0.521. The SMILES string of the molecule is NC(=O)c1ccc2c(c1)nc1c3ccccc3[nH]c(=O)n21. The molecule has 6 heteroatoms. The molecule has 0 aliphatic carbocycles. The smallest absolute Gasteiger partial charge is 0.332 e. The number of nitrogens with zero attached hydrogens (tertiary/aromatic N) is 2. The summed E-state index contributed by atoms with van der Waals surface area (Å²) in [6, 6.07) is 12.3. The topological polar surface area (TPSA) is 93.2 Å². The molecular formula is C15H10N4O2. The maximum Gasteiger partial charge on any atom is 0.332 e. The molecule has 0 unspecified atom stereocenters. The highest BCUT2D eigenvalue weighted by atomic mass is 16.1. The Kier molecular flexibility index (Phi) is 2.18. The molecule has 0 atom stereocenters. The van der Waals surface area contributed by atoms with Gasteiger partial charge in [0.15, 0.2) is 5.65 Å². The number of nitrogens with one attached hydrogen (secondary N) is 1. The maximum atomic E-state index is 12.3. The summed E-state index contributed by atoms with van der Waals surface area (Å²) in [5.74, 6) is -0.521. The summed E-state index contributed by atoms with van der Waals surface area (Å²) in [6.07, 6.45) is 0. The molecule has 102 valence electrons. The zero-order valence-electron chi connectivity index (χ0n) is 10.8. The van der Waals surface area contributed by atoms with Gasteiger partial charge >= 0.3 is 5.69 Å². The number of para-hydroxylation sites is 1. The number of amides is 1. The third-order valence-corrected chi connectivity index (χ3v) is 3.55. The second-order valence-corrected chi connectivity index (χ2v) is 4.81. The summed E-state index contributed by atoms with van der Waals surface area (Å²) in [5.41, 5.74) is 7.87. The lowest BCUT2D eigenvalue weighted by Gasteiger charge is -2.00. The average molecular weight is 278 g/mol. The van der Waals surface area contributed by atoms with Crippen LogP contribution in [0.3, 0.4) is 0 Å². The fourth-order valence-corrected chi connectivity index (χ4v) is 2.58. The van der Waals surface area contributed by atoms with Crippen LogP contribution in [-0.4, -0.2) is 20.3 Å². The number of fused-ring (bicyclic) bond motifs is 5. The van der Waals surface area contributed by atoms with Crippen molar-refractivity contribution in [2.24, 2.45) is 5.73 Å². The van der Waals surface area contributed by atoms with Crippen molar-refractivity contribution in [2.45, 2.75) is 0 Å². The Morgan fingerprint density at radius 1 is 1.19 bits per heavy atom. The number of carbonyl (C=O) groups excluding carboxylic acids is 1. The first-order chi connectivity index (χ1) is 10.1. The van der Waals surface area contributed by atoms with E-state index < -0.39 is 5.91 Å². The zero-order chi connectivity index (χ0) is 14.6. The van der Waals surface area contributed by atoms with Gasteiger partial charge in [-0.1, -0.05) is 12.1 Å². The van der Waals surface area contributed by atoms with Gasteiger partial charge in [-0.15, -0.1) is 0 Å². The zero-order valence-corrected chi connectivity index (χ0v) is 10.8. The molecule has 4 rings (SSSR count). The normalized spacial score (nSPS) is 11.4. The van der Waals surface area contributed by atoms with Crippen molar-refractivity contribution in [1.82, 2.24) is 14.4 Å². The fraction of sp³-hybridized carbons (Fsp3) is 0. The first kappa shape index (κ1) is 11.7. The van der Waals surface area contributed by atoms with E-state index in [0.29, 0.717) is 22.2 Å². The molecule has 3 N–H and O–H groups in total. The Morgan fingerprint density at radius 3 is 2.81 bits per heavy atom. The van der Waals surface area contributed by atoms with Gasteiger partial charge in [0, 0.05) is 10.9 Å². The fourth-order valence-electron chi connectivity index (χ4n) is 2.58. The Labute approximate surface area is 117 Å². The molecule has 0 spiro atoms. The number of nitrogens with two attached hydrogens (primary N) is 1. The van der Waals surface area contributed by atoms with Crippen LogP contribution in [0.1, 0.15) is 10.4 Å². The molecule has 0 radical (unpaired) electrons. The van der Waals surface area contributed by atoms with Gasteiger partial charge in [0.25, 0.3) is 0 Å². The number of rotatable bonds is 1. The van der Waals surface area contributed by atoms with Gasteiger partial charge in [0.2, 0.25) is 5.91 Å². The third kappa shape index (κ3) is 1.56. The quantitative estimate of drug-likeness (QED) is 0.551. The number of H-pyrrole nitrogens is 1. The van der Waals surface area contributed by atoms with Gasteiger partial charge in [-0.3, -0.25) is 4.79 Å². The monoisotopic (exact) mass is 278 g/mol. The van der Waals surface area contributed by atoms with Crippen molar-refractivity contribution in [2.75, 3.05) is 0 Å². The lowest BCUT2D eigenvalue weighted by Crippen LogP contribution is -2.16. The number of hydrogen-bond donors (Lipinski definition) is 2. The van der Waals surface area contributed by atoms with E-state index in [0.717, 1.165) is 10.9 Å². The molecule has 0 fully saturated rings. The minimum Gasteiger partial charge on any atom is -0.366 e. The second-order valence-electron chi connectivity index (χ2n) is 4.81. The molecule has 4 aromatic rings. The van der Waals surface area contributed by atoms with E-state index in [2.05, 4.69) is 9.97 Å². The van der Waals surface area contributed by atoms with Crippen LogP contribution < -0.4 is 11.4 Å². The van der Waals surface area contributed by atoms with Crippen LogP contribution in [0.15, 0.2) is 47.3 Å². The van der Waals surface area contributed by atoms with E-state index in [-0.39, 0.29) is 5.69 Å². The number of aromatic amines is 1. The lowest BCUT2D eigenvalue weighted by atomic mass is 10.2. The van der Waals surface area contributed by atoms with Crippen LogP contribution in [0.4, 0.5) is 0 Å². The predicted octanol–water partition coefficient (Wildman–Crippen LogP) is 1.43. The van der Waals surface area contributed by atoms with Gasteiger partial charge in [0.1, 0.15) is 0 Å². The van der Waals surface area contributed by atoms with Crippen LogP contribution in [-0.2, 0) is 0 Å². The molecule has 0 saturated heterocycles. The van der Waals surface area contributed by atoms with Crippen molar-refractivity contribution in [1.29, 1.82) is 0 Å². The highest BCUT2D eigenvalue weighted by Crippen LogP contribution is 2.21. The summed E-state index contributed by atoms with van der Waals surface area (Å²) in [7, 11) is 0. The predicted molar refractivity (Wildman–Crippen MR) is 79.3 cm³/mol. The number of carbonyl (C=O) groups is 1. The van der Waals surface area contributed by atoms with Crippen molar-refractivity contribution in [3.05, 3.63) is 58.5 Å². The molecular weight excluding hydrogens is 268 g/mol. The first-order valence-corrected chi connectivity index (χ1v) is 6.38. The standard InChI is InChI=1S/C15H10N4O2/c16-13(20)8-5-6-12-11(7-8)17-14-9-3-1-2-4-10(9)18-15(21)19(12)14/h1-7H,(H2,16,20)(H,18,21). The summed E-state index contributed by atoms with van der Waals surface area (Å²) in [5, 5.41) is 0.842. The number of benzene rings is 2. The molecule has 2 aromatic carbocycles. The van der Waals surface area contributed by atoms with Gasteiger partial charge < -0.3 is 10.7 Å². The van der Waals surface area contributed by atoms with Gasteiger partial charge in [-0.05, 0) is 30.3 Å². The molecule has 21 heavy (non-hydrogen) atoms. The molecule has 2 heterocycles. The highest BCUT2D eigenvalue weighted by Gasteiger charge is 2.12. The molecule has 0 saturated carbocycles. The molecule has 0 aliphatic rings. The maximum absolute atomic E-state index is 12.3. The van der Waals surface area contributed by atoms with Gasteiger partial charge in [-0.25, -0.2) is 14.2 Å². The molecule has 2 aromatic heterocycles. The minimum absolute atomic E-state index is 0.266. The van der Waals surface area contributed by atoms with E-state index in [1.54, 1.807) is 18.2 Å². The molecule has 0 aliphatic heterocycles. The molecule has 0 bridgehead atoms. The second kappa shape index (κ2) is 3.92. The summed E-state index contributed by atoms with van der Waals surface area (Å²) < 4.78 is 1.50. The largest absolute Gasteiger partial charge is 0.366 e. The number of imidazole rings is 1. The van der Waals surface area contributed by atoms with Crippen molar-refractivity contribution in [3.8, 4) is 0 Å². The van der Waals surface area contributed by atoms with Crippen molar-refractivity contribution in [3.63, 3.8) is 0 Å². The Balaban J connectivity index is 2.25. The number of aromatic nitrogens is 3. The van der Waals surface area contributed by atoms with E-state index in [4.69, 9.17) is 5.73 Å². The van der Waals surface area contributed by atoms with E-state index >= 15 is 0 Å². The van der Waals surface area contributed by atoms with Crippen LogP contribution in [0.25, 0.3) is 27.6 Å². The Morgan fingerprint density at radius 2 is 2.00 bits per heavy atom. The van der Waals surface area contributed by atoms with Crippen LogP contribution in [0, 0.1) is 0 Å². The Hall–Kier alpha value is -3.15. The molecule has 6 nitrogen and oxygen atoms in total. The summed E-state index contributed by atoms with van der Waals surface area (Å²) in [6.45, 7) is 0. The number of primary amides is 1. The van der Waals surface area contributed by atoms with Gasteiger partial charge in [-0.2, -0.15) is 0 Å². The lowest BCUT2D eigenvalue weighted by molar-refractivity contribution is 0.100. The number of hydrogen-bond acceptors (Lipinski definition) is 3. The Bertz CT molecular complexity index is 1090. The van der Waals surface area contributed by atoms with E-state index in [9.17, 15) is 9.59 Å². The van der Waals surface area contributed by atoms with Crippen molar-refractivity contribution < 1.29 is 4.79 Å². The average Bonchev–Trinajstić information content (AvgIpc) is 2.86. The third-order valence-electron chi connectivity index (χ3n) is 3.55. The van der Waals surface area contributed by atoms with Crippen LogP contribution >= 0.6 is 0 Å². The van der Waals surface area contributed by atoms with Crippen LogP contribution in [0.5, 0.6) is 0 Å². The van der Waals surface area contributed by atoms with Crippen molar-refractivity contribution >= 4 is 33.5 Å². The summed E-state index contributed by atoms with van der Waals surface area (Å²) >= 11 is 0. The van der Waals surface area contributed by atoms with Crippen LogP contribution in [0.2, 0.25) is 0 Å². The van der Waals surface area contributed by atoms with E-state index in [1.165, 1.54) is 4.40 Å². The van der Waals surface area contributed by atoms with E-state index in [1.807, 2.05) is 24.3 Å². The molecule has 1 amide bonds. The first-order valence-electron chi connectivity index (χ1n) is 6.38.